The first-order chi connectivity index (χ1) is 12.3. The minimum absolute atomic E-state index is 0. The van der Waals surface area contributed by atoms with Crippen LogP contribution >= 0.6 is 0 Å². The van der Waals surface area contributed by atoms with E-state index in [9.17, 15) is 18.0 Å². The summed E-state index contributed by atoms with van der Waals surface area (Å²) in [6, 6.07) is 4.12. The van der Waals surface area contributed by atoms with E-state index in [1.54, 1.807) is 4.72 Å². The SMILES string of the molecule is COC(=O)c1ccccc1S(=O)(=O)NC(=O)Nc1nc(C)nc(OC)n1.[Co]. The number of hydrogen-bond donors (Lipinski definition) is 2. The third-order valence-electron chi connectivity index (χ3n) is 2.94. The van der Waals surface area contributed by atoms with Crippen LogP contribution < -0.4 is 14.8 Å². The number of carbonyl (C=O) groups excluding carboxylic acids is 2. The first-order valence-electron chi connectivity index (χ1n) is 7.04. The van der Waals surface area contributed by atoms with Crippen LogP contribution in [0.15, 0.2) is 29.2 Å². The van der Waals surface area contributed by atoms with E-state index in [0.29, 0.717) is 0 Å². The number of rotatable bonds is 5. The number of esters is 1. The van der Waals surface area contributed by atoms with Gasteiger partial charge < -0.3 is 9.47 Å². The number of anilines is 1. The van der Waals surface area contributed by atoms with Gasteiger partial charge in [0.05, 0.1) is 19.8 Å². The summed E-state index contributed by atoms with van der Waals surface area (Å²) in [4.78, 5) is 34.7. The Balaban J connectivity index is 0.00000364. The van der Waals surface area contributed by atoms with Crippen molar-refractivity contribution in [3.05, 3.63) is 35.7 Å². The Bertz CT molecular complexity index is 953. The molecule has 27 heavy (non-hydrogen) atoms. The number of urea groups is 1. The van der Waals surface area contributed by atoms with Gasteiger partial charge in [0, 0.05) is 16.8 Å². The molecule has 1 radical (unpaired) electrons. The topological polar surface area (TPSA) is 149 Å². The molecule has 1 aromatic carbocycles. The molecule has 147 valence electrons. The third-order valence-corrected chi connectivity index (χ3v) is 4.33. The number of hydrogen-bond acceptors (Lipinski definition) is 9. The molecule has 0 aliphatic rings. The van der Waals surface area contributed by atoms with Crippen LogP contribution in [0.3, 0.4) is 0 Å². The largest absolute Gasteiger partial charge is 0.467 e. The van der Waals surface area contributed by atoms with Crippen LogP contribution in [0.1, 0.15) is 16.2 Å². The van der Waals surface area contributed by atoms with E-state index >= 15 is 0 Å². The molecule has 2 N–H and O–H groups in total. The molecule has 2 aromatic rings. The molecule has 13 heteroatoms. The smallest absolute Gasteiger partial charge is 0.339 e. The predicted octanol–water partition coefficient (Wildman–Crippen LogP) is 0.483. The molecule has 0 bridgehead atoms. The fourth-order valence-corrected chi connectivity index (χ4v) is 2.99. The minimum Gasteiger partial charge on any atom is -0.467 e. The summed E-state index contributed by atoms with van der Waals surface area (Å²) >= 11 is 0. The van der Waals surface area contributed by atoms with E-state index in [0.717, 1.165) is 13.2 Å². The molecule has 11 nitrogen and oxygen atoms in total. The molecule has 0 fully saturated rings. The third kappa shape index (κ3) is 5.60. The zero-order valence-corrected chi connectivity index (χ0v) is 16.2. The molecule has 0 spiro atoms. The van der Waals surface area contributed by atoms with Crippen molar-refractivity contribution in [1.29, 1.82) is 0 Å². The van der Waals surface area contributed by atoms with Gasteiger partial charge >= 0.3 is 18.0 Å². The van der Waals surface area contributed by atoms with E-state index in [1.165, 1.54) is 32.2 Å². The average molecular weight is 440 g/mol. The summed E-state index contributed by atoms with van der Waals surface area (Å²) in [5.74, 6) is -0.807. The zero-order valence-electron chi connectivity index (χ0n) is 14.3. The van der Waals surface area contributed by atoms with Gasteiger partial charge in [-0.1, -0.05) is 12.1 Å². The van der Waals surface area contributed by atoms with Gasteiger partial charge in [0.15, 0.2) is 0 Å². The molecule has 0 unspecified atom stereocenters. The number of methoxy groups -OCH3 is 2. The summed E-state index contributed by atoms with van der Waals surface area (Å²) in [6.45, 7) is 1.54. The van der Waals surface area contributed by atoms with Crippen LogP contribution in [0.25, 0.3) is 0 Å². The number of nitrogens with zero attached hydrogens (tertiary/aromatic N) is 3. The molecule has 1 heterocycles. The van der Waals surface area contributed by atoms with E-state index in [4.69, 9.17) is 4.74 Å². The Morgan fingerprint density at radius 1 is 1.07 bits per heavy atom. The van der Waals surface area contributed by atoms with E-state index in [2.05, 4.69) is 25.0 Å². The van der Waals surface area contributed by atoms with Gasteiger partial charge in [-0.15, -0.1) is 0 Å². The molecule has 0 saturated carbocycles. The molecule has 0 atom stereocenters. The van der Waals surface area contributed by atoms with Gasteiger partial charge in [-0.05, 0) is 19.1 Å². The summed E-state index contributed by atoms with van der Waals surface area (Å²) in [6.07, 6.45) is 0. The van der Waals surface area contributed by atoms with Crippen molar-refractivity contribution in [3.63, 3.8) is 0 Å². The van der Waals surface area contributed by atoms with Crippen LogP contribution in [0.2, 0.25) is 0 Å². The van der Waals surface area contributed by atoms with Crippen molar-refractivity contribution >= 4 is 28.0 Å². The number of amides is 2. The average Bonchev–Trinajstić information content (AvgIpc) is 2.59. The Labute approximate surface area is 165 Å². The van der Waals surface area contributed by atoms with Crippen LogP contribution in [-0.2, 0) is 31.5 Å². The Morgan fingerprint density at radius 3 is 2.37 bits per heavy atom. The van der Waals surface area contributed by atoms with Crippen molar-refractivity contribution < 1.29 is 44.3 Å². The maximum Gasteiger partial charge on any atom is 0.339 e. The van der Waals surface area contributed by atoms with Gasteiger partial charge in [0.2, 0.25) is 5.95 Å². The predicted molar refractivity (Wildman–Crippen MR) is 88.2 cm³/mol. The van der Waals surface area contributed by atoms with E-state index in [-0.39, 0.29) is 40.1 Å². The molecule has 2 amide bonds. The van der Waals surface area contributed by atoms with Crippen LogP contribution in [0, 0.1) is 6.92 Å². The second kappa shape index (κ2) is 9.25. The van der Waals surface area contributed by atoms with Crippen molar-refractivity contribution in [2.75, 3.05) is 19.5 Å². The standard InChI is InChI=1S/C14H15N5O6S.Co/c1-8-15-12(18-14(16-8)25-3)17-13(21)19-26(22,23)10-7-5-4-6-9(10)11(20)24-2;/h4-7H,1-3H3,(H2,15,16,17,18,19,21);. The molecular formula is C14H15CoN5O6S. The van der Waals surface area contributed by atoms with Gasteiger partial charge in [0.1, 0.15) is 10.7 Å². The summed E-state index contributed by atoms with van der Waals surface area (Å²) in [5.41, 5.74) is -0.215. The number of aryl methyl sites for hydroxylation is 1. The molecule has 1 aromatic heterocycles. The van der Waals surface area contributed by atoms with Crippen LogP contribution in [0.4, 0.5) is 10.7 Å². The second-order valence-corrected chi connectivity index (χ2v) is 6.39. The molecule has 2 rings (SSSR count). The molecule has 0 aliphatic carbocycles. The molecule has 0 saturated heterocycles. The number of nitrogens with one attached hydrogen (secondary N) is 2. The second-order valence-electron chi connectivity index (χ2n) is 4.74. The normalized spacial score (nSPS) is 10.3. The summed E-state index contributed by atoms with van der Waals surface area (Å²) in [7, 11) is -1.92. The first-order valence-corrected chi connectivity index (χ1v) is 8.53. The number of ether oxygens (including phenoxy) is 2. The van der Waals surface area contributed by atoms with E-state index < -0.39 is 26.9 Å². The van der Waals surface area contributed by atoms with Crippen LogP contribution in [0.5, 0.6) is 6.01 Å². The Morgan fingerprint density at radius 2 is 1.74 bits per heavy atom. The van der Waals surface area contributed by atoms with Crippen LogP contribution in [-0.4, -0.2) is 49.6 Å². The molecule has 0 aliphatic heterocycles. The van der Waals surface area contributed by atoms with Crippen molar-refractivity contribution in [3.8, 4) is 6.01 Å². The number of sulfonamides is 1. The fourth-order valence-electron chi connectivity index (χ4n) is 1.89. The Hall–Kier alpha value is -2.77. The summed E-state index contributed by atoms with van der Waals surface area (Å²) in [5, 5.41) is 2.16. The van der Waals surface area contributed by atoms with Crippen molar-refractivity contribution in [1.82, 2.24) is 19.7 Å². The quantitative estimate of drug-likeness (QED) is 0.633. The monoisotopic (exact) mass is 440 g/mol. The summed E-state index contributed by atoms with van der Waals surface area (Å²) < 4.78 is 36.0. The van der Waals surface area contributed by atoms with Crippen molar-refractivity contribution in [2.45, 2.75) is 11.8 Å². The van der Waals surface area contributed by atoms with Gasteiger partial charge in [-0.2, -0.15) is 15.0 Å². The maximum atomic E-state index is 12.4. The number of benzene rings is 1. The van der Waals surface area contributed by atoms with Gasteiger partial charge in [-0.25, -0.2) is 22.7 Å². The minimum atomic E-state index is -4.36. The molecular weight excluding hydrogens is 425 g/mol. The maximum absolute atomic E-state index is 12.4. The number of carbonyl (C=O) groups is 2. The van der Waals surface area contributed by atoms with E-state index in [1.807, 2.05) is 0 Å². The first kappa shape index (κ1) is 22.3. The van der Waals surface area contributed by atoms with Gasteiger partial charge in [-0.3, -0.25) is 5.32 Å². The number of aromatic nitrogens is 3. The van der Waals surface area contributed by atoms with Crippen molar-refractivity contribution in [2.24, 2.45) is 0 Å². The Kier molecular flexibility index (Phi) is 7.63. The zero-order chi connectivity index (χ0) is 19.3. The van der Waals surface area contributed by atoms with Gasteiger partial charge in [0.25, 0.3) is 10.0 Å². The fraction of sp³-hybridized carbons (Fsp3) is 0.214.